The summed E-state index contributed by atoms with van der Waals surface area (Å²) < 4.78 is 5.39. The number of ether oxygens (including phenoxy) is 1. The lowest BCUT2D eigenvalue weighted by Crippen LogP contribution is -2.19. The summed E-state index contributed by atoms with van der Waals surface area (Å²) in [7, 11) is 1.47. The lowest BCUT2D eigenvalue weighted by Gasteiger charge is -2.06. The van der Waals surface area contributed by atoms with E-state index in [0.29, 0.717) is 0 Å². The van der Waals surface area contributed by atoms with Crippen molar-refractivity contribution in [1.82, 2.24) is 10.3 Å². The third-order valence-corrected chi connectivity index (χ3v) is 2.32. The second-order valence-corrected chi connectivity index (χ2v) is 3.69. The predicted octanol–water partition coefficient (Wildman–Crippen LogP) is 0.891. The van der Waals surface area contributed by atoms with Crippen LogP contribution in [0, 0.1) is 10.1 Å². The normalized spacial score (nSPS) is 14.2. The molecule has 1 fully saturated rings. The van der Waals surface area contributed by atoms with Gasteiger partial charge in [0.25, 0.3) is 5.91 Å². The van der Waals surface area contributed by atoms with Gasteiger partial charge in [0.1, 0.15) is 11.9 Å². The van der Waals surface area contributed by atoms with Crippen LogP contribution in [0.1, 0.15) is 23.3 Å². The third-order valence-electron chi connectivity index (χ3n) is 2.32. The van der Waals surface area contributed by atoms with Gasteiger partial charge in [-0.05, 0) is 12.8 Å². The molecular weight excluding hydrogens is 226 g/mol. The highest BCUT2D eigenvalue weighted by Crippen LogP contribution is 2.33. The second-order valence-electron chi connectivity index (χ2n) is 3.69. The molecule has 1 aliphatic rings. The van der Waals surface area contributed by atoms with E-state index < -0.39 is 10.8 Å². The van der Waals surface area contributed by atoms with Gasteiger partial charge < -0.3 is 10.1 Å². The molecule has 17 heavy (non-hydrogen) atoms. The topological polar surface area (TPSA) is 94.4 Å². The highest BCUT2D eigenvalue weighted by atomic mass is 16.6. The molecule has 0 aromatic carbocycles. The number of hydrogen-bond acceptors (Lipinski definition) is 5. The number of carbonyl (C=O) groups excluding carboxylic acids is 1. The van der Waals surface area contributed by atoms with E-state index in [1.165, 1.54) is 13.1 Å². The largest absolute Gasteiger partial charge is 0.483 e. The molecule has 0 unspecified atom stereocenters. The van der Waals surface area contributed by atoms with Crippen molar-refractivity contribution in [2.24, 2.45) is 0 Å². The molecule has 7 nitrogen and oxygen atoms in total. The summed E-state index contributed by atoms with van der Waals surface area (Å²) in [6.07, 6.45) is 2.83. The Bertz CT molecular complexity index is 471. The van der Waals surface area contributed by atoms with E-state index in [1.807, 2.05) is 0 Å². The van der Waals surface area contributed by atoms with Gasteiger partial charge in [-0.1, -0.05) is 0 Å². The van der Waals surface area contributed by atoms with E-state index in [2.05, 4.69) is 10.3 Å². The molecule has 0 saturated heterocycles. The third kappa shape index (κ3) is 2.49. The smallest absolute Gasteiger partial charge is 0.329 e. The van der Waals surface area contributed by atoms with Gasteiger partial charge in [-0.2, -0.15) is 0 Å². The summed E-state index contributed by atoms with van der Waals surface area (Å²) in [6, 6.07) is 1.30. The summed E-state index contributed by atoms with van der Waals surface area (Å²) >= 11 is 0. The van der Waals surface area contributed by atoms with Crippen LogP contribution in [0.25, 0.3) is 0 Å². The zero-order valence-electron chi connectivity index (χ0n) is 9.17. The average Bonchev–Trinajstić information content (AvgIpc) is 3.11. The number of rotatable bonds is 4. The van der Waals surface area contributed by atoms with E-state index >= 15 is 0 Å². The van der Waals surface area contributed by atoms with E-state index in [-0.39, 0.29) is 23.2 Å². The molecule has 90 valence electrons. The number of nitrogens with one attached hydrogen (secondary N) is 1. The highest BCUT2D eigenvalue weighted by molar-refractivity contribution is 5.92. The fourth-order valence-corrected chi connectivity index (χ4v) is 1.28. The number of carbonyl (C=O) groups is 1. The van der Waals surface area contributed by atoms with Crippen molar-refractivity contribution < 1.29 is 14.5 Å². The Hall–Kier alpha value is -2.18. The predicted molar refractivity (Wildman–Crippen MR) is 57.9 cm³/mol. The highest BCUT2D eigenvalue weighted by Gasteiger charge is 2.28. The SMILES string of the molecule is CNC(=O)c1cc(OC2CC2)c([N+](=O)[O-])cn1. The van der Waals surface area contributed by atoms with Crippen molar-refractivity contribution in [1.29, 1.82) is 0 Å². The molecule has 0 spiro atoms. The molecule has 1 amide bonds. The van der Waals surface area contributed by atoms with Crippen molar-refractivity contribution in [3.8, 4) is 5.75 Å². The Morgan fingerprint density at radius 1 is 1.65 bits per heavy atom. The van der Waals surface area contributed by atoms with E-state index in [1.54, 1.807) is 0 Å². The Morgan fingerprint density at radius 3 is 2.88 bits per heavy atom. The molecule has 2 rings (SSSR count). The Kier molecular flexibility index (Phi) is 2.90. The van der Waals surface area contributed by atoms with Crippen molar-refractivity contribution in [3.63, 3.8) is 0 Å². The van der Waals surface area contributed by atoms with Crippen LogP contribution in [0.2, 0.25) is 0 Å². The average molecular weight is 237 g/mol. The first-order chi connectivity index (χ1) is 8.11. The first-order valence-corrected chi connectivity index (χ1v) is 5.15. The van der Waals surface area contributed by atoms with Crippen molar-refractivity contribution in [3.05, 3.63) is 28.1 Å². The molecule has 0 aliphatic heterocycles. The summed E-state index contributed by atoms with van der Waals surface area (Å²) in [5.41, 5.74) is -0.113. The van der Waals surface area contributed by atoms with Crippen LogP contribution < -0.4 is 10.1 Å². The van der Waals surface area contributed by atoms with E-state index in [9.17, 15) is 14.9 Å². The maximum absolute atomic E-state index is 11.3. The maximum Gasteiger partial charge on any atom is 0.329 e. The maximum atomic E-state index is 11.3. The second kappa shape index (κ2) is 4.36. The van der Waals surface area contributed by atoms with Crippen LogP contribution in [-0.4, -0.2) is 29.0 Å². The van der Waals surface area contributed by atoms with Gasteiger partial charge in [0, 0.05) is 13.1 Å². The van der Waals surface area contributed by atoms with Crippen LogP contribution in [0.4, 0.5) is 5.69 Å². The molecule has 0 bridgehead atoms. The lowest BCUT2D eigenvalue weighted by atomic mass is 10.3. The first-order valence-electron chi connectivity index (χ1n) is 5.15. The molecule has 1 aromatic rings. The molecule has 1 saturated carbocycles. The van der Waals surface area contributed by atoms with E-state index in [0.717, 1.165) is 19.0 Å². The van der Waals surface area contributed by atoms with Crippen LogP contribution in [0.3, 0.4) is 0 Å². The van der Waals surface area contributed by atoms with Gasteiger partial charge in [-0.3, -0.25) is 14.9 Å². The van der Waals surface area contributed by atoms with E-state index in [4.69, 9.17) is 4.74 Å². The Morgan fingerprint density at radius 2 is 2.35 bits per heavy atom. The van der Waals surface area contributed by atoms with Crippen LogP contribution in [-0.2, 0) is 0 Å². The minimum Gasteiger partial charge on any atom is -0.483 e. The summed E-state index contributed by atoms with van der Waals surface area (Å²) in [5, 5.41) is 13.2. The van der Waals surface area contributed by atoms with Crippen LogP contribution in [0.5, 0.6) is 5.75 Å². The molecule has 0 atom stereocenters. The number of nitrogens with zero attached hydrogens (tertiary/aromatic N) is 2. The number of aromatic nitrogens is 1. The first kappa shape index (κ1) is 11.3. The summed E-state index contributed by atoms with van der Waals surface area (Å²) in [6.45, 7) is 0. The van der Waals surface area contributed by atoms with Gasteiger partial charge in [-0.25, -0.2) is 4.98 Å². The number of hydrogen-bond donors (Lipinski definition) is 1. The summed E-state index contributed by atoms with van der Waals surface area (Å²) in [4.78, 5) is 25.3. The van der Waals surface area contributed by atoms with Gasteiger partial charge in [0.2, 0.25) is 5.75 Å². The lowest BCUT2D eigenvalue weighted by molar-refractivity contribution is -0.386. The van der Waals surface area contributed by atoms with Crippen molar-refractivity contribution >= 4 is 11.6 Å². The van der Waals surface area contributed by atoms with Crippen LogP contribution >= 0.6 is 0 Å². The molecule has 0 radical (unpaired) electrons. The summed E-state index contributed by atoms with van der Waals surface area (Å²) in [5.74, 6) is -0.299. The molecule has 7 heteroatoms. The minimum atomic E-state index is -0.571. The Balaban J connectivity index is 2.34. The zero-order chi connectivity index (χ0) is 12.4. The van der Waals surface area contributed by atoms with Gasteiger partial charge in [-0.15, -0.1) is 0 Å². The molecular formula is C10H11N3O4. The fourth-order valence-electron chi connectivity index (χ4n) is 1.28. The van der Waals surface area contributed by atoms with Crippen molar-refractivity contribution in [2.75, 3.05) is 7.05 Å². The monoisotopic (exact) mass is 237 g/mol. The van der Waals surface area contributed by atoms with Gasteiger partial charge in [0.15, 0.2) is 0 Å². The minimum absolute atomic E-state index is 0.0219. The number of nitro groups is 1. The number of pyridine rings is 1. The van der Waals surface area contributed by atoms with Gasteiger partial charge >= 0.3 is 5.69 Å². The zero-order valence-corrected chi connectivity index (χ0v) is 9.17. The molecule has 1 N–H and O–H groups in total. The van der Waals surface area contributed by atoms with Gasteiger partial charge in [0.05, 0.1) is 11.0 Å². The number of amides is 1. The molecule has 1 heterocycles. The Labute approximate surface area is 96.9 Å². The standard InChI is InChI=1S/C10H11N3O4/c1-11-10(14)7-4-9(17-6-2-3-6)8(5-12-7)13(15)16/h4-6H,2-3H2,1H3,(H,11,14). The van der Waals surface area contributed by atoms with Crippen LogP contribution in [0.15, 0.2) is 12.3 Å². The fraction of sp³-hybridized carbons (Fsp3) is 0.400. The molecule has 1 aromatic heterocycles. The quantitative estimate of drug-likeness (QED) is 0.619. The molecule has 1 aliphatic carbocycles. The van der Waals surface area contributed by atoms with Crippen molar-refractivity contribution in [2.45, 2.75) is 18.9 Å².